The van der Waals surface area contributed by atoms with Crippen molar-refractivity contribution in [3.63, 3.8) is 0 Å². The van der Waals surface area contributed by atoms with Gasteiger partial charge in [0.2, 0.25) is 0 Å². The molecule has 2 rings (SSSR count). The number of likely N-dealkylation sites (tertiary alicyclic amines) is 1. The van der Waals surface area contributed by atoms with Crippen LogP contribution in [0.2, 0.25) is 0 Å². The molecule has 1 nitrogen and oxygen atoms in total. The number of benzene rings is 1. The maximum atomic E-state index is 13.5. The van der Waals surface area contributed by atoms with Crippen LogP contribution in [0.1, 0.15) is 31.2 Å². The lowest BCUT2D eigenvalue weighted by Gasteiger charge is -2.24. The first-order valence-electron chi connectivity index (χ1n) is 6.45. The summed E-state index contributed by atoms with van der Waals surface area (Å²) in [5, 5.41) is 1.07. The van der Waals surface area contributed by atoms with Gasteiger partial charge in [0, 0.05) is 17.9 Å². The summed E-state index contributed by atoms with van der Waals surface area (Å²) in [5.74, 6) is -0.163. The molecular weight excluding hydrogens is 361 g/mol. The minimum Gasteiger partial charge on any atom is -0.296 e. The van der Waals surface area contributed by atoms with Gasteiger partial charge >= 0.3 is 0 Å². The molecule has 100 valence electrons. The van der Waals surface area contributed by atoms with Crippen molar-refractivity contribution in [1.82, 2.24) is 4.90 Å². The first-order valence-corrected chi connectivity index (χ1v) is 8.36. The highest BCUT2D eigenvalue weighted by molar-refractivity contribution is 9.10. The van der Waals surface area contributed by atoms with Crippen molar-refractivity contribution in [2.75, 3.05) is 11.9 Å². The Morgan fingerprint density at radius 3 is 3.00 bits per heavy atom. The van der Waals surface area contributed by atoms with Crippen molar-refractivity contribution >= 4 is 31.9 Å². The van der Waals surface area contributed by atoms with E-state index in [1.165, 1.54) is 31.7 Å². The third kappa shape index (κ3) is 3.55. The molecule has 1 atom stereocenters. The SMILES string of the molecule is Fc1cccc(CN2CCCC2CCCBr)c1Br. The van der Waals surface area contributed by atoms with E-state index in [1.807, 2.05) is 6.07 Å². The maximum absolute atomic E-state index is 13.5. The Hall–Kier alpha value is 0.0700. The van der Waals surface area contributed by atoms with Crippen molar-refractivity contribution in [2.45, 2.75) is 38.3 Å². The van der Waals surface area contributed by atoms with E-state index < -0.39 is 0 Å². The van der Waals surface area contributed by atoms with Crippen molar-refractivity contribution in [1.29, 1.82) is 0 Å². The fraction of sp³-hybridized carbons (Fsp3) is 0.571. The van der Waals surface area contributed by atoms with Gasteiger partial charge in [-0.1, -0.05) is 28.1 Å². The molecule has 1 aliphatic rings. The Morgan fingerprint density at radius 2 is 2.22 bits per heavy atom. The fourth-order valence-corrected chi connectivity index (χ4v) is 3.35. The molecule has 4 heteroatoms. The summed E-state index contributed by atoms with van der Waals surface area (Å²) in [6.45, 7) is 1.99. The number of halogens is 3. The minimum atomic E-state index is -0.163. The summed E-state index contributed by atoms with van der Waals surface area (Å²) in [6.07, 6.45) is 4.99. The fourth-order valence-electron chi connectivity index (χ4n) is 2.63. The second-order valence-electron chi connectivity index (χ2n) is 4.81. The topological polar surface area (TPSA) is 3.24 Å². The van der Waals surface area contributed by atoms with Gasteiger partial charge < -0.3 is 0 Å². The Morgan fingerprint density at radius 1 is 1.39 bits per heavy atom. The van der Waals surface area contributed by atoms with Crippen LogP contribution in [0.4, 0.5) is 4.39 Å². The molecule has 0 N–H and O–H groups in total. The standard InChI is InChI=1S/C14H18Br2FN/c15-8-2-5-12-6-3-9-18(12)10-11-4-1-7-13(17)14(11)16/h1,4,7,12H,2-3,5-6,8-10H2. The van der Waals surface area contributed by atoms with Gasteiger partial charge in [0.05, 0.1) is 4.47 Å². The highest BCUT2D eigenvalue weighted by Gasteiger charge is 2.24. The van der Waals surface area contributed by atoms with Gasteiger partial charge in [-0.2, -0.15) is 0 Å². The molecule has 0 bridgehead atoms. The largest absolute Gasteiger partial charge is 0.296 e. The second kappa shape index (κ2) is 7.01. The van der Waals surface area contributed by atoms with Crippen molar-refractivity contribution < 1.29 is 4.39 Å². The van der Waals surface area contributed by atoms with E-state index in [0.717, 1.165) is 24.0 Å². The van der Waals surface area contributed by atoms with Crippen LogP contribution in [0.15, 0.2) is 22.7 Å². The van der Waals surface area contributed by atoms with Crippen molar-refractivity contribution in [3.8, 4) is 0 Å². The molecule has 0 aliphatic carbocycles. The zero-order valence-electron chi connectivity index (χ0n) is 10.3. The smallest absolute Gasteiger partial charge is 0.137 e. The lowest BCUT2D eigenvalue weighted by Crippen LogP contribution is -2.29. The van der Waals surface area contributed by atoms with Crippen LogP contribution in [0.5, 0.6) is 0 Å². The van der Waals surface area contributed by atoms with Crippen molar-refractivity contribution in [2.24, 2.45) is 0 Å². The second-order valence-corrected chi connectivity index (χ2v) is 6.40. The van der Waals surface area contributed by atoms with E-state index in [1.54, 1.807) is 6.07 Å². The van der Waals surface area contributed by atoms with Gasteiger partial charge in [-0.05, 0) is 59.8 Å². The van der Waals surface area contributed by atoms with E-state index in [-0.39, 0.29) is 5.82 Å². The Kier molecular flexibility index (Phi) is 5.64. The van der Waals surface area contributed by atoms with E-state index >= 15 is 0 Å². The summed E-state index contributed by atoms with van der Waals surface area (Å²) in [7, 11) is 0. The summed E-state index contributed by atoms with van der Waals surface area (Å²) in [5.41, 5.74) is 1.06. The van der Waals surface area contributed by atoms with E-state index in [2.05, 4.69) is 36.8 Å². The van der Waals surface area contributed by atoms with Gasteiger partial charge in [-0.25, -0.2) is 4.39 Å². The molecule has 0 amide bonds. The molecule has 1 saturated heterocycles. The van der Waals surface area contributed by atoms with Crippen LogP contribution in [0, 0.1) is 5.82 Å². The summed E-state index contributed by atoms with van der Waals surface area (Å²) >= 11 is 6.84. The monoisotopic (exact) mass is 377 g/mol. The number of hydrogen-bond donors (Lipinski definition) is 0. The summed E-state index contributed by atoms with van der Waals surface area (Å²) in [4.78, 5) is 2.49. The molecule has 1 aromatic rings. The molecule has 0 radical (unpaired) electrons. The van der Waals surface area contributed by atoms with Gasteiger partial charge in [0.15, 0.2) is 0 Å². The van der Waals surface area contributed by atoms with E-state index in [0.29, 0.717) is 10.5 Å². The highest BCUT2D eigenvalue weighted by atomic mass is 79.9. The average Bonchev–Trinajstić information content (AvgIpc) is 2.80. The summed E-state index contributed by atoms with van der Waals surface area (Å²) in [6, 6.07) is 5.96. The van der Waals surface area contributed by atoms with Crippen LogP contribution in [0.3, 0.4) is 0 Å². The zero-order valence-corrected chi connectivity index (χ0v) is 13.5. The Balaban J connectivity index is 2.01. The molecule has 0 saturated carbocycles. The van der Waals surface area contributed by atoms with Crippen LogP contribution >= 0.6 is 31.9 Å². The number of rotatable bonds is 5. The van der Waals surface area contributed by atoms with E-state index in [4.69, 9.17) is 0 Å². The number of alkyl halides is 1. The summed E-state index contributed by atoms with van der Waals surface area (Å²) < 4.78 is 14.1. The molecule has 1 fully saturated rings. The van der Waals surface area contributed by atoms with E-state index in [9.17, 15) is 4.39 Å². The third-order valence-electron chi connectivity index (χ3n) is 3.58. The first kappa shape index (κ1) is 14.5. The van der Waals surface area contributed by atoms with Gasteiger partial charge in [0.1, 0.15) is 5.82 Å². The van der Waals surface area contributed by atoms with Crippen LogP contribution in [0.25, 0.3) is 0 Å². The van der Waals surface area contributed by atoms with Crippen LogP contribution in [-0.4, -0.2) is 22.8 Å². The average molecular weight is 379 g/mol. The predicted octanol–water partition coefficient (Wildman–Crippen LogP) is 4.73. The Labute approximate surface area is 125 Å². The van der Waals surface area contributed by atoms with Gasteiger partial charge in [0.25, 0.3) is 0 Å². The minimum absolute atomic E-state index is 0.163. The third-order valence-corrected chi connectivity index (χ3v) is 5.02. The van der Waals surface area contributed by atoms with Gasteiger partial charge in [-0.3, -0.25) is 4.90 Å². The maximum Gasteiger partial charge on any atom is 0.137 e. The van der Waals surface area contributed by atoms with Crippen LogP contribution in [-0.2, 0) is 6.54 Å². The number of hydrogen-bond acceptors (Lipinski definition) is 1. The molecule has 1 unspecified atom stereocenters. The van der Waals surface area contributed by atoms with Gasteiger partial charge in [-0.15, -0.1) is 0 Å². The van der Waals surface area contributed by atoms with Crippen LogP contribution < -0.4 is 0 Å². The lowest BCUT2D eigenvalue weighted by atomic mass is 10.1. The quantitative estimate of drug-likeness (QED) is 0.669. The molecule has 0 spiro atoms. The molecular formula is C14H18Br2FN. The molecule has 1 aromatic carbocycles. The highest BCUT2D eigenvalue weighted by Crippen LogP contribution is 2.27. The Bertz CT molecular complexity index is 397. The molecule has 18 heavy (non-hydrogen) atoms. The molecule has 1 aliphatic heterocycles. The predicted molar refractivity (Wildman–Crippen MR) is 80.6 cm³/mol. The first-order chi connectivity index (χ1) is 8.72. The molecule has 0 aromatic heterocycles. The normalized spacial score (nSPS) is 20.5. The van der Waals surface area contributed by atoms with Crippen molar-refractivity contribution in [3.05, 3.63) is 34.1 Å². The lowest BCUT2D eigenvalue weighted by molar-refractivity contribution is 0.233. The molecule has 1 heterocycles. The number of nitrogens with zero attached hydrogens (tertiary/aromatic N) is 1. The zero-order chi connectivity index (χ0) is 13.0.